The monoisotopic (exact) mass is 385 g/mol. The van der Waals surface area contributed by atoms with Gasteiger partial charge in [0.15, 0.2) is 5.82 Å². The van der Waals surface area contributed by atoms with Crippen LogP contribution in [-0.4, -0.2) is 20.9 Å². The van der Waals surface area contributed by atoms with Crippen molar-refractivity contribution in [2.45, 2.75) is 13.2 Å². The fourth-order valence-corrected chi connectivity index (χ4v) is 2.94. The van der Waals surface area contributed by atoms with E-state index in [9.17, 15) is 9.18 Å². The van der Waals surface area contributed by atoms with Crippen LogP contribution in [0.4, 0.5) is 15.9 Å². The molecule has 4 rings (SSSR count). The van der Waals surface area contributed by atoms with E-state index in [0.717, 1.165) is 5.56 Å². The molecule has 1 amide bonds. The lowest BCUT2D eigenvalue weighted by atomic mass is 10.1. The molecule has 0 saturated carbocycles. The average Bonchev–Trinajstić information content (AvgIpc) is 3.13. The summed E-state index contributed by atoms with van der Waals surface area (Å²) in [5.74, 6) is -0.559. The Morgan fingerprint density at radius 1 is 1.26 bits per heavy atom. The highest BCUT2D eigenvalue weighted by Crippen LogP contribution is 2.32. The van der Waals surface area contributed by atoms with Gasteiger partial charge in [-0.15, -0.1) is 0 Å². The van der Waals surface area contributed by atoms with E-state index < -0.39 is 11.7 Å². The second-order valence-electron chi connectivity index (χ2n) is 5.85. The van der Waals surface area contributed by atoms with Gasteiger partial charge in [-0.05, 0) is 24.3 Å². The summed E-state index contributed by atoms with van der Waals surface area (Å²) in [7, 11) is 0. The number of hydrogen-bond acceptors (Lipinski definition) is 6. The summed E-state index contributed by atoms with van der Waals surface area (Å²) in [6, 6.07) is 5.77. The molecule has 0 aliphatic carbocycles. The highest BCUT2D eigenvalue weighted by atomic mass is 35.5. The molecular weight excluding hydrogens is 373 g/mol. The quantitative estimate of drug-likeness (QED) is 0.714. The van der Waals surface area contributed by atoms with Gasteiger partial charge in [0.1, 0.15) is 11.6 Å². The van der Waals surface area contributed by atoms with Gasteiger partial charge in [0.2, 0.25) is 0 Å². The van der Waals surface area contributed by atoms with Gasteiger partial charge in [-0.3, -0.25) is 9.78 Å². The van der Waals surface area contributed by atoms with Crippen LogP contribution in [0.3, 0.4) is 0 Å². The molecule has 27 heavy (non-hydrogen) atoms. The van der Waals surface area contributed by atoms with Crippen LogP contribution in [0.25, 0.3) is 11.4 Å². The third-order valence-corrected chi connectivity index (χ3v) is 4.32. The zero-order chi connectivity index (χ0) is 19.0. The number of carbonyl (C=O) groups excluding carboxylic acids is 1. The molecule has 0 radical (unpaired) electrons. The van der Waals surface area contributed by atoms with E-state index in [0.29, 0.717) is 28.8 Å². The maximum Gasteiger partial charge on any atom is 0.252 e. The van der Waals surface area contributed by atoms with E-state index in [-0.39, 0.29) is 23.6 Å². The summed E-state index contributed by atoms with van der Waals surface area (Å²) in [4.78, 5) is 24.4. The summed E-state index contributed by atoms with van der Waals surface area (Å²) in [6.45, 7) is 0.577. The van der Waals surface area contributed by atoms with Crippen LogP contribution in [0.5, 0.6) is 0 Å². The molecular formula is C18H13ClFN5O2. The highest BCUT2D eigenvalue weighted by Gasteiger charge is 2.23. The molecule has 1 aliphatic rings. The number of nitrogens with zero attached hydrogens (tertiary/aromatic N) is 3. The fraction of sp³-hybridized carbons (Fsp3) is 0.111. The van der Waals surface area contributed by atoms with Crippen LogP contribution in [0.2, 0.25) is 5.02 Å². The van der Waals surface area contributed by atoms with Crippen LogP contribution in [0, 0.1) is 5.82 Å². The smallest absolute Gasteiger partial charge is 0.252 e. The number of nitrogens with two attached hydrogens (primary N) is 1. The van der Waals surface area contributed by atoms with Crippen molar-refractivity contribution in [2.24, 2.45) is 5.73 Å². The predicted molar refractivity (Wildman–Crippen MR) is 97.0 cm³/mol. The van der Waals surface area contributed by atoms with E-state index in [2.05, 4.69) is 20.3 Å². The zero-order valence-electron chi connectivity index (χ0n) is 13.9. The Bertz CT molecular complexity index is 1060. The summed E-state index contributed by atoms with van der Waals surface area (Å²) < 4.78 is 19.7. The number of amides is 1. The molecule has 1 aliphatic heterocycles. The molecule has 0 spiro atoms. The SMILES string of the molecule is NC(=O)c1cnccc1Nc1nc(-c2cc(Cl)ccc2F)nc2c1COC2. The third kappa shape index (κ3) is 3.32. The Morgan fingerprint density at radius 2 is 2.11 bits per heavy atom. The van der Waals surface area contributed by atoms with Crippen molar-refractivity contribution in [1.82, 2.24) is 15.0 Å². The van der Waals surface area contributed by atoms with E-state index >= 15 is 0 Å². The van der Waals surface area contributed by atoms with Crippen LogP contribution in [-0.2, 0) is 18.0 Å². The molecule has 9 heteroatoms. The molecule has 7 nitrogen and oxygen atoms in total. The van der Waals surface area contributed by atoms with Crippen molar-refractivity contribution >= 4 is 29.0 Å². The van der Waals surface area contributed by atoms with Gasteiger partial charge >= 0.3 is 0 Å². The van der Waals surface area contributed by atoms with Crippen LogP contribution in [0.15, 0.2) is 36.7 Å². The average molecular weight is 386 g/mol. The first kappa shape index (κ1) is 17.3. The molecule has 0 bridgehead atoms. The van der Waals surface area contributed by atoms with Crippen molar-refractivity contribution in [2.75, 3.05) is 5.32 Å². The van der Waals surface area contributed by atoms with Gasteiger partial charge in [-0.2, -0.15) is 0 Å². The number of pyridine rings is 1. The number of benzene rings is 1. The number of carbonyl (C=O) groups is 1. The first-order valence-electron chi connectivity index (χ1n) is 7.96. The topological polar surface area (TPSA) is 103 Å². The number of aromatic nitrogens is 3. The van der Waals surface area contributed by atoms with Crippen molar-refractivity contribution in [1.29, 1.82) is 0 Å². The van der Waals surface area contributed by atoms with E-state index in [1.165, 1.54) is 30.6 Å². The Kier molecular flexibility index (Phi) is 4.43. The zero-order valence-corrected chi connectivity index (χ0v) is 14.6. The Balaban J connectivity index is 1.83. The number of primary amides is 1. The lowest BCUT2D eigenvalue weighted by molar-refractivity contribution is 0.100. The first-order chi connectivity index (χ1) is 13.0. The summed E-state index contributed by atoms with van der Waals surface area (Å²) >= 11 is 5.99. The standard InChI is InChI=1S/C18H13ClFN5O2/c19-9-1-2-13(20)10(5-9)17-24-15-8-27-7-12(15)18(25-17)23-14-3-4-22-6-11(14)16(21)26/h1-6H,7-8H2,(H2,21,26)(H,22,23,24,25). The van der Waals surface area contributed by atoms with Gasteiger partial charge < -0.3 is 15.8 Å². The molecule has 0 saturated heterocycles. The molecule has 0 fully saturated rings. The number of hydrogen-bond donors (Lipinski definition) is 2. The van der Waals surface area contributed by atoms with Crippen molar-refractivity contribution in [3.05, 3.63) is 64.3 Å². The molecule has 0 atom stereocenters. The maximum atomic E-state index is 14.3. The van der Waals surface area contributed by atoms with Crippen LogP contribution < -0.4 is 11.1 Å². The number of nitrogens with one attached hydrogen (secondary N) is 1. The minimum Gasteiger partial charge on any atom is -0.370 e. The predicted octanol–water partition coefficient (Wildman–Crippen LogP) is 3.20. The van der Waals surface area contributed by atoms with Gasteiger partial charge in [-0.1, -0.05) is 11.6 Å². The molecule has 3 N–H and O–H groups in total. The molecule has 3 heterocycles. The van der Waals surface area contributed by atoms with Crippen LogP contribution >= 0.6 is 11.6 Å². The molecule has 3 aromatic rings. The third-order valence-electron chi connectivity index (χ3n) is 4.09. The second kappa shape index (κ2) is 6.90. The van der Waals surface area contributed by atoms with E-state index in [4.69, 9.17) is 22.1 Å². The number of rotatable bonds is 4. The molecule has 1 aromatic carbocycles. The molecule has 2 aromatic heterocycles. The number of fused-ring (bicyclic) bond motifs is 1. The van der Waals surface area contributed by atoms with Gasteiger partial charge in [-0.25, -0.2) is 14.4 Å². The van der Waals surface area contributed by atoms with Crippen molar-refractivity contribution < 1.29 is 13.9 Å². The number of ether oxygens (including phenoxy) is 1. The largest absolute Gasteiger partial charge is 0.370 e. The molecule has 136 valence electrons. The van der Waals surface area contributed by atoms with Gasteiger partial charge in [0, 0.05) is 23.0 Å². The van der Waals surface area contributed by atoms with Crippen molar-refractivity contribution in [3.8, 4) is 11.4 Å². The second-order valence-corrected chi connectivity index (χ2v) is 6.28. The molecule has 0 unspecified atom stereocenters. The summed E-state index contributed by atoms with van der Waals surface area (Å²) in [6.07, 6.45) is 2.88. The summed E-state index contributed by atoms with van der Waals surface area (Å²) in [5, 5.41) is 3.44. The number of halogens is 2. The first-order valence-corrected chi connectivity index (χ1v) is 8.34. The minimum atomic E-state index is -0.631. The normalized spacial score (nSPS) is 12.7. The van der Waals surface area contributed by atoms with Gasteiger partial charge in [0.25, 0.3) is 5.91 Å². The van der Waals surface area contributed by atoms with Gasteiger partial charge in [0.05, 0.1) is 35.7 Å². The van der Waals surface area contributed by atoms with Crippen LogP contribution in [0.1, 0.15) is 21.6 Å². The van der Waals surface area contributed by atoms with E-state index in [1.807, 2.05) is 0 Å². The fourth-order valence-electron chi connectivity index (χ4n) is 2.77. The minimum absolute atomic E-state index is 0.163. The highest BCUT2D eigenvalue weighted by molar-refractivity contribution is 6.30. The lowest BCUT2D eigenvalue weighted by Gasteiger charge is -2.13. The Hall–Kier alpha value is -3.10. The number of anilines is 2. The lowest BCUT2D eigenvalue weighted by Crippen LogP contribution is -2.14. The summed E-state index contributed by atoms with van der Waals surface area (Å²) in [5.41, 5.74) is 7.58. The Labute approximate surface area is 158 Å². The Morgan fingerprint density at radius 3 is 2.93 bits per heavy atom. The van der Waals surface area contributed by atoms with E-state index in [1.54, 1.807) is 6.07 Å². The maximum absolute atomic E-state index is 14.3. The van der Waals surface area contributed by atoms with Crippen molar-refractivity contribution in [3.63, 3.8) is 0 Å².